The molecule has 2 rings (SSSR count). The first-order chi connectivity index (χ1) is 9.54. The molecule has 2 N–H and O–H groups in total. The van der Waals surface area contributed by atoms with E-state index in [2.05, 4.69) is 0 Å². The molecule has 0 spiro atoms. The summed E-state index contributed by atoms with van der Waals surface area (Å²) in [4.78, 5) is 0. The van der Waals surface area contributed by atoms with Gasteiger partial charge >= 0.3 is 0 Å². The van der Waals surface area contributed by atoms with Gasteiger partial charge < -0.3 is 9.47 Å². The summed E-state index contributed by atoms with van der Waals surface area (Å²) in [5.74, 6) is -0.325. The van der Waals surface area contributed by atoms with E-state index in [9.17, 15) is 8.42 Å². The summed E-state index contributed by atoms with van der Waals surface area (Å²) in [5, 5.41) is 5.18. The van der Waals surface area contributed by atoms with Gasteiger partial charge in [-0.2, -0.15) is 0 Å². The molecule has 1 aliphatic rings. The van der Waals surface area contributed by atoms with Gasteiger partial charge in [0.25, 0.3) is 0 Å². The van der Waals surface area contributed by atoms with Crippen LogP contribution in [0.25, 0.3) is 0 Å². The minimum Gasteiger partial charge on any atom is -0.381 e. The minimum absolute atomic E-state index is 0.0970. The third-order valence-electron chi connectivity index (χ3n) is 3.41. The summed E-state index contributed by atoms with van der Waals surface area (Å²) < 4.78 is 33.9. The lowest BCUT2D eigenvalue weighted by Crippen LogP contribution is -2.29. The van der Waals surface area contributed by atoms with Gasteiger partial charge in [-0.1, -0.05) is 30.3 Å². The Kier molecular flexibility index (Phi) is 5.54. The van der Waals surface area contributed by atoms with Crippen LogP contribution in [0, 0.1) is 0 Å². The van der Waals surface area contributed by atoms with Crippen molar-refractivity contribution < 1.29 is 17.9 Å². The zero-order valence-electron chi connectivity index (χ0n) is 11.4. The van der Waals surface area contributed by atoms with E-state index in [1.54, 1.807) is 0 Å². The minimum atomic E-state index is -3.53. The molecule has 1 aliphatic heterocycles. The lowest BCUT2D eigenvalue weighted by molar-refractivity contribution is -0.0348. The molecule has 0 radical (unpaired) electrons. The first-order valence-corrected chi connectivity index (χ1v) is 8.51. The monoisotopic (exact) mass is 299 g/mol. The molecule has 5 nitrogen and oxygen atoms in total. The second-order valence-electron chi connectivity index (χ2n) is 5.08. The Bertz CT molecular complexity index is 497. The van der Waals surface area contributed by atoms with Crippen LogP contribution in [0.2, 0.25) is 0 Å². The summed E-state index contributed by atoms with van der Waals surface area (Å²) in [7, 11) is -3.53. The smallest absolute Gasteiger partial charge is 0.209 e. The van der Waals surface area contributed by atoms with Gasteiger partial charge in [-0.15, -0.1) is 0 Å². The predicted octanol–water partition coefficient (Wildman–Crippen LogP) is 1.25. The summed E-state index contributed by atoms with van der Waals surface area (Å²) in [5.41, 5.74) is 0.939. The Morgan fingerprint density at radius 3 is 2.50 bits per heavy atom. The van der Waals surface area contributed by atoms with Crippen LogP contribution in [0.5, 0.6) is 0 Å². The van der Waals surface area contributed by atoms with Crippen LogP contribution in [-0.2, 0) is 19.5 Å². The van der Waals surface area contributed by atoms with Crippen LogP contribution in [0.4, 0.5) is 0 Å². The van der Waals surface area contributed by atoms with E-state index in [-0.39, 0.29) is 17.8 Å². The van der Waals surface area contributed by atoms with Gasteiger partial charge in [0.2, 0.25) is 10.0 Å². The average molecular weight is 299 g/mol. The maximum absolute atomic E-state index is 11.4. The Hall–Kier alpha value is -0.950. The number of ether oxygens (including phenoxy) is 2. The van der Waals surface area contributed by atoms with E-state index >= 15 is 0 Å². The Morgan fingerprint density at radius 2 is 1.90 bits per heavy atom. The fourth-order valence-corrected chi connectivity index (χ4v) is 3.19. The van der Waals surface area contributed by atoms with Gasteiger partial charge in [0.05, 0.1) is 18.5 Å². The van der Waals surface area contributed by atoms with Crippen molar-refractivity contribution in [1.82, 2.24) is 0 Å². The fraction of sp³-hybridized carbons (Fsp3) is 0.571. The highest BCUT2D eigenvalue weighted by atomic mass is 32.2. The summed E-state index contributed by atoms with van der Waals surface area (Å²) in [6.45, 7) is 1.77. The molecule has 1 aromatic carbocycles. The molecule has 1 heterocycles. The van der Waals surface area contributed by atoms with Crippen LogP contribution >= 0.6 is 0 Å². The zero-order valence-corrected chi connectivity index (χ0v) is 12.2. The first kappa shape index (κ1) is 15.4. The maximum Gasteiger partial charge on any atom is 0.209 e. The molecule has 1 fully saturated rings. The predicted molar refractivity (Wildman–Crippen MR) is 77.0 cm³/mol. The SMILES string of the molecule is NS(=O)(=O)CC(COC1CCOCC1)c1ccccc1. The number of hydrogen-bond donors (Lipinski definition) is 1. The number of rotatable bonds is 6. The van der Waals surface area contributed by atoms with E-state index < -0.39 is 10.0 Å². The number of benzene rings is 1. The molecule has 1 atom stereocenters. The van der Waals surface area contributed by atoms with Crippen molar-refractivity contribution in [3.05, 3.63) is 35.9 Å². The summed E-state index contributed by atoms with van der Waals surface area (Å²) in [6.07, 6.45) is 1.86. The van der Waals surface area contributed by atoms with E-state index in [1.807, 2.05) is 30.3 Å². The topological polar surface area (TPSA) is 78.6 Å². The quantitative estimate of drug-likeness (QED) is 0.857. The van der Waals surface area contributed by atoms with Gasteiger partial charge in [0.1, 0.15) is 0 Å². The highest BCUT2D eigenvalue weighted by Gasteiger charge is 2.21. The first-order valence-electron chi connectivity index (χ1n) is 6.79. The second-order valence-corrected chi connectivity index (χ2v) is 6.74. The van der Waals surface area contributed by atoms with Crippen molar-refractivity contribution in [3.63, 3.8) is 0 Å². The van der Waals surface area contributed by atoms with Crippen molar-refractivity contribution in [2.75, 3.05) is 25.6 Å². The highest BCUT2D eigenvalue weighted by Crippen LogP contribution is 2.20. The molecule has 112 valence electrons. The standard InChI is InChI=1S/C14H21NO4S/c15-20(16,17)11-13(12-4-2-1-3-5-12)10-19-14-6-8-18-9-7-14/h1-5,13-14H,6-11H2,(H2,15,16,17). The molecule has 0 saturated carbocycles. The molecule has 1 aromatic rings. The molecule has 1 saturated heterocycles. The van der Waals surface area contributed by atoms with Gasteiger partial charge in [0.15, 0.2) is 0 Å². The van der Waals surface area contributed by atoms with E-state index in [1.165, 1.54) is 0 Å². The molecule has 20 heavy (non-hydrogen) atoms. The van der Waals surface area contributed by atoms with Crippen molar-refractivity contribution in [3.8, 4) is 0 Å². The van der Waals surface area contributed by atoms with Crippen LogP contribution < -0.4 is 5.14 Å². The van der Waals surface area contributed by atoms with Crippen molar-refractivity contribution in [2.24, 2.45) is 5.14 Å². The van der Waals surface area contributed by atoms with Gasteiger partial charge in [-0.3, -0.25) is 0 Å². The average Bonchev–Trinajstić information content (AvgIpc) is 2.44. The Labute approximate surface area is 120 Å². The molecule has 1 unspecified atom stereocenters. The molecule has 0 amide bonds. The molecule has 6 heteroatoms. The van der Waals surface area contributed by atoms with Gasteiger partial charge in [0, 0.05) is 19.1 Å². The van der Waals surface area contributed by atoms with E-state index in [0.717, 1.165) is 18.4 Å². The molecular weight excluding hydrogens is 278 g/mol. The highest BCUT2D eigenvalue weighted by molar-refractivity contribution is 7.89. The maximum atomic E-state index is 11.4. The number of hydrogen-bond acceptors (Lipinski definition) is 4. The third-order valence-corrected chi connectivity index (χ3v) is 4.27. The Balaban J connectivity index is 1.99. The molecule has 0 bridgehead atoms. The van der Waals surface area contributed by atoms with Crippen LogP contribution in [0.3, 0.4) is 0 Å². The fourth-order valence-electron chi connectivity index (χ4n) is 2.34. The third kappa shape index (κ3) is 5.20. The van der Waals surface area contributed by atoms with Crippen LogP contribution in [-0.4, -0.2) is 40.1 Å². The van der Waals surface area contributed by atoms with Crippen molar-refractivity contribution in [1.29, 1.82) is 0 Å². The molecular formula is C14H21NO4S. The van der Waals surface area contributed by atoms with Gasteiger partial charge in [-0.25, -0.2) is 13.6 Å². The second kappa shape index (κ2) is 7.17. The zero-order chi connectivity index (χ0) is 14.4. The van der Waals surface area contributed by atoms with E-state index in [0.29, 0.717) is 19.8 Å². The summed E-state index contributed by atoms with van der Waals surface area (Å²) >= 11 is 0. The number of nitrogens with two attached hydrogens (primary N) is 1. The lowest BCUT2D eigenvalue weighted by Gasteiger charge is -2.25. The van der Waals surface area contributed by atoms with Crippen molar-refractivity contribution in [2.45, 2.75) is 24.9 Å². The molecule has 0 aliphatic carbocycles. The number of primary sulfonamides is 1. The van der Waals surface area contributed by atoms with Gasteiger partial charge in [-0.05, 0) is 18.4 Å². The summed E-state index contributed by atoms with van der Waals surface area (Å²) in [6, 6.07) is 9.49. The molecule has 0 aromatic heterocycles. The Morgan fingerprint density at radius 1 is 1.25 bits per heavy atom. The van der Waals surface area contributed by atoms with Crippen LogP contribution in [0.15, 0.2) is 30.3 Å². The largest absolute Gasteiger partial charge is 0.381 e. The van der Waals surface area contributed by atoms with E-state index in [4.69, 9.17) is 14.6 Å². The van der Waals surface area contributed by atoms with Crippen molar-refractivity contribution >= 4 is 10.0 Å². The lowest BCUT2D eigenvalue weighted by atomic mass is 10.0. The van der Waals surface area contributed by atoms with Crippen LogP contribution in [0.1, 0.15) is 24.3 Å². The number of sulfonamides is 1. The normalized spacial score (nSPS) is 18.9.